The molecule has 0 amide bonds. The van der Waals surface area contributed by atoms with Crippen molar-refractivity contribution in [1.29, 1.82) is 0 Å². The van der Waals surface area contributed by atoms with E-state index in [-0.39, 0.29) is 0 Å². The summed E-state index contributed by atoms with van der Waals surface area (Å²) in [5.74, 6) is 0. The van der Waals surface area contributed by atoms with E-state index >= 15 is 0 Å². The molecule has 0 unspecified atom stereocenters. The van der Waals surface area contributed by atoms with Crippen LogP contribution < -0.4 is 5.73 Å². The Morgan fingerprint density at radius 2 is 1.80 bits per heavy atom. The fraction of sp³-hybridized carbons (Fsp3) is 0. The minimum Gasteiger partial charge on any atom is -0.397 e. The zero-order valence-corrected chi connectivity index (χ0v) is 16.7. The molecule has 4 N–H and O–H groups in total. The van der Waals surface area contributed by atoms with Gasteiger partial charge in [0.05, 0.1) is 16.9 Å². The average Bonchev–Trinajstić information content (AvgIpc) is 3.51. The van der Waals surface area contributed by atoms with Crippen LogP contribution in [0.4, 0.5) is 5.69 Å². The number of benzene rings is 2. The Balaban J connectivity index is 1.52. The van der Waals surface area contributed by atoms with Crippen molar-refractivity contribution in [1.82, 2.24) is 20.2 Å². The highest BCUT2D eigenvalue weighted by atomic mass is 32.1. The molecule has 6 aromatic rings. The summed E-state index contributed by atoms with van der Waals surface area (Å²) in [6.07, 6.45) is 3.48. The maximum atomic E-state index is 5.92. The number of aromatic nitrogens is 4. The van der Waals surface area contributed by atoms with Crippen molar-refractivity contribution in [3.8, 4) is 33.6 Å². The van der Waals surface area contributed by atoms with Gasteiger partial charge >= 0.3 is 0 Å². The highest BCUT2D eigenvalue weighted by Gasteiger charge is 2.14. The van der Waals surface area contributed by atoms with Gasteiger partial charge in [0.1, 0.15) is 5.69 Å². The molecule has 2 aromatic carbocycles. The van der Waals surface area contributed by atoms with Crippen LogP contribution in [0.2, 0.25) is 0 Å². The van der Waals surface area contributed by atoms with Gasteiger partial charge in [0.25, 0.3) is 0 Å². The van der Waals surface area contributed by atoms with Crippen molar-refractivity contribution in [3.05, 3.63) is 77.8 Å². The van der Waals surface area contributed by atoms with E-state index in [1.807, 2.05) is 18.3 Å². The van der Waals surface area contributed by atoms with Gasteiger partial charge in [-0.3, -0.25) is 10.1 Å². The zero-order valence-electron chi connectivity index (χ0n) is 15.9. The first kappa shape index (κ1) is 17.0. The van der Waals surface area contributed by atoms with E-state index in [2.05, 4.69) is 73.4 Å². The van der Waals surface area contributed by atoms with Gasteiger partial charge in [0.2, 0.25) is 0 Å². The van der Waals surface area contributed by atoms with Crippen molar-refractivity contribution in [3.63, 3.8) is 0 Å². The Morgan fingerprint density at radius 1 is 0.833 bits per heavy atom. The van der Waals surface area contributed by atoms with Gasteiger partial charge in [-0.25, -0.2) is 0 Å². The van der Waals surface area contributed by atoms with Crippen molar-refractivity contribution >= 4 is 38.8 Å². The maximum Gasteiger partial charge on any atom is 0.116 e. The molecule has 0 aliphatic rings. The third-order valence-corrected chi connectivity index (χ3v) is 6.09. The normalized spacial score (nSPS) is 11.5. The van der Waals surface area contributed by atoms with Crippen LogP contribution in [0.25, 0.3) is 55.4 Å². The first-order chi connectivity index (χ1) is 14.8. The maximum absolute atomic E-state index is 5.92. The lowest BCUT2D eigenvalue weighted by Gasteiger charge is -2.03. The summed E-state index contributed by atoms with van der Waals surface area (Å²) < 4.78 is 0. The Morgan fingerprint density at radius 3 is 2.67 bits per heavy atom. The highest BCUT2D eigenvalue weighted by Crippen LogP contribution is 2.35. The molecule has 0 fully saturated rings. The number of nitrogens with zero attached hydrogens (tertiary/aromatic N) is 2. The molecule has 0 atom stereocenters. The number of thiophene rings is 1. The number of hydrogen-bond acceptors (Lipinski definition) is 4. The van der Waals surface area contributed by atoms with Gasteiger partial charge in [-0.1, -0.05) is 18.2 Å². The Kier molecular flexibility index (Phi) is 3.72. The van der Waals surface area contributed by atoms with Crippen LogP contribution in [0.5, 0.6) is 0 Å². The van der Waals surface area contributed by atoms with Crippen LogP contribution in [0.1, 0.15) is 0 Å². The molecule has 0 radical (unpaired) electrons. The van der Waals surface area contributed by atoms with Crippen LogP contribution >= 0.6 is 11.3 Å². The molecule has 30 heavy (non-hydrogen) atoms. The SMILES string of the molecule is Nc1cncc(-c2ccc3[nH]nc(-c4cc5c(-c6ccsc6)cccc5[nH]4)c3c2)c1. The summed E-state index contributed by atoms with van der Waals surface area (Å²) in [6.45, 7) is 0. The quantitative estimate of drug-likeness (QED) is 0.332. The second-order valence-corrected chi connectivity index (χ2v) is 8.08. The highest BCUT2D eigenvalue weighted by molar-refractivity contribution is 7.08. The lowest BCUT2D eigenvalue weighted by molar-refractivity contribution is 1.12. The minimum atomic E-state index is 0.650. The number of anilines is 1. The topological polar surface area (TPSA) is 83.4 Å². The summed E-state index contributed by atoms with van der Waals surface area (Å²) in [7, 11) is 0. The number of aromatic amines is 2. The van der Waals surface area contributed by atoms with Crippen molar-refractivity contribution in [2.45, 2.75) is 0 Å². The van der Waals surface area contributed by atoms with Crippen LogP contribution in [0.3, 0.4) is 0 Å². The van der Waals surface area contributed by atoms with E-state index in [0.717, 1.165) is 38.9 Å². The van der Waals surface area contributed by atoms with Crippen LogP contribution in [-0.4, -0.2) is 20.2 Å². The van der Waals surface area contributed by atoms with E-state index in [4.69, 9.17) is 5.73 Å². The molecule has 0 spiro atoms. The zero-order chi connectivity index (χ0) is 20.1. The molecule has 6 heteroatoms. The lowest BCUT2D eigenvalue weighted by Crippen LogP contribution is -1.87. The number of nitrogen functional groups attached to an aromatic ring is 1. The summed E-state index contributed by atoms with van der Waals surface area (Å²) in [4.78, 5) is 7.77. The third kappa shape index (κ3) is 2.69. The van der Waals surface area contributed by atoms with Gasteiger partial charge < -0.3 is 10.7 Å². The number of hydrogen-bond donors (Lipinski definition) is 3. The molecular formula is C24H17N5S. The van der Waals surface area contributed by atoms with Crippen LogP contribution in [-0.2, 0) is 0 Å². The molecule has 4 aromatic heterocycles. The van der Waals surface area contributed by atoms with Crippen LogP contribution in [0.15, 0.2) is 77.8 Å². The van der Waals surface area contributed by atoms with Gasteiger partial charge in [-0.2, -0.15) is 16.4 Å². The predicted molar refractivity (Wildman–Crippen MR) is 124 cm³/mol. The molecule has 0 aliphatic heterocycles. The molecular weight excluding hydrogens is 390 g/mol. The summed E-state index contributed by atoms with van der Waals surface area (Å²) in [5.41, 5.74) is 15.0. The molecule has 4 heterocycles. The number of nitrogens with one attached hydrogen (secondary N) is 2. The van der Waals surface area contributed by atoms with E-state index < -0.39 is 0 Å². The minimum absolute atomic E-state index is 0.650. The third-order valence-electron chi connectivity index (χ3n) is 5.41. The van der Waals surface area contributed by atoms with E-state index in [1.165, 1.54) is 16.5 Å². The fourth-order valence-electron chi connectivity index (χ4n) is 3.97. The first-order valence-corrected chi connectivity index (χ1v) is 10.5. The lowest BCUT2D eigenvalue weighted by atomic mass is 10.0. The van der Waals surface area contributed by atoms with Gasteiger partial charge in [-0.05, 0) is 63.8 Å². The summed E-state index contributed by atoms with van der Waals surface area (Å²) in [5, 5.41) is 14.3. The Hall–Kier alpha value is -3.90. The molecule has 0 saturated heterocycles. The molecule has 0 bridgehead atoms. The van der Waals surface area contributed by atoms with Gasteiger partial charge in [0, 0.05) is 34.2 Å². The van der Waals surface area contributed by atoms with Crippen molar-refractivity contribution < 1.29 is 0 Å². The smallest absolute Gasteiger partial charge is 0.116 e. The second-order valence-electron chi connectivity index (χ2n) is 7.30. The molecule has 5 nitrogen and oxygen atoms in total. The summed E-state index contributed by atoms with van der Waals surface area (Å²) in [6, 6.07) is 18.9. The number of fused-ring (bicyclic) bond motifs is 2. The summed E-state index contributed by atoms with van der Waals surface area (Å²) >= 11 is 1.71. The van der Waals surface area contributed by atoms with Crippen molar-refractivity contribution in [2.24, 2.45) is 0 Å². The molecule has 144 valence electrons. The standard InChI is InChI=1S/C24H17N5S/c25-17-8-16(11-26-12-17)14-4-5-22-20(9-14)24(29-28-22)23-10-19-18(15-6-7-30-13-15)2-1-3-21(19)27-23/h1-13,27H,25H2,(H,28,29). The van der Waals surface area contributed by atoms with E-state index in [0.29, 0.717) is 5.69 Å². The van der Waals surface area contributed by atoms with Crippen molar-refractivity contribution in [2.75, 3.05) is 5.73 Å². The van der Waals surface area contributed by atoms with Gasteiger partial charge in [0.15, 0.2) is 0 Å². The van der Waals surface area contributed by atoms with E-state index in [1.54, 1.807) is 17.5 Å². The Bertz CT molecular complexity index is 1510. The van der Waals surface area contributed by atoms with Crippen LogP contribution in [0, 0.1) is 0 Å². The molecule has 0 aliphatic carbocycles. The number of nitrogens with two attached hydrogens (primary N) is 1. The number of rotatable bonds is 3. The first-order valence-electron chi connectivity index (χ1n) is 9.60. The number of H-pyrrole nitrogens is 2. The second kappa shape index (κ2) is 6.57. The Labute approximate surface area is 176 Å². The number of pyridine rings is 1. The van der Waals surface area contributed by atoms with E-state index in [9.17, 15) is 0 Å². The molecule has 6 rings (SSSR count). The predicted octanol–water partition coefficient (Wildman–Crippen LogP) is 6.08. The average molecular weight is 408 g/mol. The van der Waals surface area contributed by atoms with Gasteiger partial charge in [-0.15, -0.1) is 0 Å². The monoisotopic (exact) mass is 407 g/mol. The fourth-order valence-corrected chi connectivity index (χ4v) is 4.62. The largest absolute Gasteiger partial charge is 0.397 e. The molecule has 0 saturated carbocycles.